The molecular formula is C30H38N6O5. The van der Waals surface area contributed by atoms with Crippen LogP contribution in [0.3, 0.4) is 0 Å². The third-order valence-corrected chi connectivity index (χ3v) is 8.52. The number of aromatic hydroxyl groups is 1. The summed E-state index contributed by atoms with van der Waals surface area (Å²) in [6.07, 6.45) is 2.05. The first kappa shape index (κ1) is 27.3. The zero-order chi connectivity index (χ0) is 28.3. The van der Waals surface area contributed by atoms with E-state index in [0.717, 1.165) is 72.4 Å². The highest BCUT2D eigenvalue weighted by Crippen LogP contribution is 2.36. The number of amides is 1. The van der Waals surface area contributed by atoms with Crippen LogP contribution < -0.4 is 14.5 Å². The first-order valence-corrected chi connectivity index (χ1v) is 14.4. The summed E-state index contributed by atoms with van der Waals surface area (Å²) in [5.41, 5.74) is 2.97. The van der Waals surface area contributed by atoms with E-state index in [4.69, 9.17) is 19.4 Å². The third-order valence-electron chi connectivity index (χ3n) is 8.52. The molecule has 2 N–H and O–H groups in total. The molecule has 41 heavy (non-hydrogen) atoms. The summed E-state index contributed by atoms with van der Waals surface area (Å²) in [4.78, 5) is 29.6. The van der Waals surface area contributed by atoms with Gasteiger partial charge in [0, 0.05) is 75.1 Å². The van der Waals surface area contributed by atoms with Crippen molar-refractivity contribution in [1.29, 1.82) is 0 Å². The normalized spacial score (nSPS) is 19.5. The molecule has 11 nitrogen and oxygen atoms in total. The molecule has 3 aromatic rings. The fraction of sp³-hybridized carbons (Fsp3) is 0.500. The van der Waals surface area contributed by atoms with E-state index in [0.29, 0.717) is 58.0 Å². The van der Waals surface area contributed by atoms with E-state index in [2.05, 4.69) is 20.8 Å². The second kappa shape index (κ2) is 12.0. The molecule has 1 atom stereocenters. The van der Waals surface area contributed by atoms with E-state index in [-0.39, 0.29) is 5.75 Å². The van der Waals surface area contributed by atoms with Crippen LogP contribution in [-0.4, -0.2) is 108 Å². The lowest BCUT2D eigenvalue weighted by Crippen LogP contribution is -2.49. The predicted molar refractivity (Wildman–Crippen MR) is 156 cm³/mol. The van der Waals surface area contributed by atoms with Crippen molar-refractivity contribution in [3.63, 3.8) is 0 Å². The van der Waals surface area contributed by atoms with Crippen molar-refractivity contribution >= 4 is 28.4 Å². The first-order chi connectivity index (χ1) is 20.0. The molecule has 11 heteroatoms. The number of carboxylic acid groups (broad SMARTS) is 1. The van der Waals surface area contributed by atoms with Crippen LogP contribution in [0.25, 0.3) is 10.8 Å². The Morgan fingerprint density at radius 3 is 2.68 bits per heavy atom. The maximum Gasteiger partial charge on any atom is 0.407 e. The Kier molecular flexibility index (Phi) is 7.97. The van der Waals surface area contributed by atoms with E-state index < -0.39 is 6.09 Å². The monoisotopic (exact) mass is 562 g/mol. The number of rotatable bonds is 8. The van der Waals surface area contributed by atoms with E-state index in [1.54, 1.807) is 13.2 Å². The molecule has 1 aromatic heterocycles. The second-order valence-corrected chi connectivity index (χ2v) is 11.0. The summed E-state index contributed by atoms with van der Waals surface area (Å²) in [6, 6.07) is 12.4. The smallest absolute Gasteiger partial charge is 0.407 e. The van der Waals surface area contributed by atoms with E-state index in [1.807, 2.05) is 24.3 Å². The van der Waals surface area contributed by atoms with Gasteiger partial charge >= 0.3 is 12.1 Å². The number of nitrogens with zero attached hydrogens (tertiary/aromatic N) is 6. The predicted octanol–water partition coefficient (Wildman–Crippen LogP) is 3.19. The Morgan fingerprint density at radius 1 is 1.05 bits per heavy atom. The number of phenols is 1. The van der Waals surface area contributed by atoms with Crippen molar-refractivity contribution < 1.29 is 24.5 Å². The Hall–Kier alpha value is -3.83. The summed E-state index contributed by atoms with van der Waals surface area (Å²) in [7, 11) is 1.73. The number of phenolic OH excluding ortho intramolecular Hbond substituents is 1. The summed E-state index contributed by atoms with van der Waals surface area (Å²) >= 11 is 0. The van der Waals surface area contributed by atoms with Crippen LogP contribution in [0.5, 0.6) is 11.8 Å². The molecule has 4 heterocycles. The topological polar surface area (TPSA) is 115 Å². The van der Waals surface area contributed by atoms with Gasteiger partial charge in [0.05, 0.1) is 18.8 Å². The average molecular weight is 563 g/mol. The molecule has 0 radical (unpaired) electrons. The maximum absolute atomic E-state index is 11.5. The van der Waals surface area contributed by atoms with Gasteiger partial charge in [-0.3, -0.25) is 4.90 Å². The molecule has 0 unspecified atom stereocenters. The van der Waals surface area contributed by atoms with E-state index in [1.165, 1.54) is 4.90 Å². The average Bonchev–Trinajstić information content (AvgIpc) is 3.45. The first-order valence-electron chi connectivity index (χ1n) is 14.4. The highest BCUT2D eigenvalue weighted by Gasteiger charge is 2.30. The molecule has 0 saturated carbocycles. The Morgan fingerprint density at radius 2 is 1.88 bits per heavy atom. The molecule has 1 amide bonds. The minimum Gasteiger partial charge on any atom is -0.508 e. The minimum atomic E-state index is -0.887. The van der Waals surface area contributed by atoms with E-state index >= 15 is 0 Å². The SMILES string of the molecule is COCCN1CCC[C@H]1COc1nc2c(c(N3CCN(C(=O)O)CC3)n1)CCN(c1cc(O)cc3ccccc13)C2. The Labute approximate surface area is 239 Å². The molecule has 2 fully saturated rings. The zero-order valence-corrected chi connectivity index (χ0v) is 23.5. The number of anilines is 2. The number of likely N-dealkylation sites (tertiary alicyclic amines) is 1. The standard InChI is InChI=1S/C30H38N6O5/c1-40-16-15-33-9-4-6-22(33)20-41-29-31-26-19-36(27-18-23(37)17-21-5-2-3-7-24(21)27)10-8-25(26)28(32-29)34-11-13-35(14-12-34)30(38)39/h2-3,5,7,17-18,22,37H,4,6,8-16,19-20H2,1H3,(H,38,39)/t22-/m0/s1. The van der Waals surface area contributed by atoms with Crippen molar-refractivity contribution in [2.24, 2.45) is 0 Å². The van der Waals surface area contributed by atoms with Crippen LogP contribution in [0.2, 0.25) is 0 Å². The van der Waals surface area contributed by atoms with Crippen LogP contribution in [0.1, 0.15) is 24.1 Å². The van der Waals surface area contributed by atoms with Crippen molar-refractivity contribution in [2.75, 3.05) is 75.9 Å². The van der Waals surface area contributed by atoms with Gasteiger partial charge in [-0.2, -0.15) is 9.97 Å². The number of carbonyl (C=O) groups is 1. The zero-order valence-electron chi connectivity index (χ0n) is 23.5. The quantitative estimate of drug-likeness (QED) is 0.424. The van der Waals surface area contributed by atoms with Gasteiger partial charge < -0.3 is 34.4 Å². The molecule has 3 aliphatic rings. The maximum atomic E-state index is 11.5. The highest BCUT2D eigenvalue weighted by molar-refractivity contribution is 5.95. The molecule has 2 saturated heterocycles. The summed E-state index contributed by atoms with van der Waals surface area (Å²) in [5.74, 6) is 1.08. The van der Waals surface area contributed by atoms with Gasteiger partial charge in [0.2, 0.25) is 0 Å². The Bertz CT molecular complexity index is 1400. The van der Waals surface area contributed by atoms with Gasteiger partial charge in [0.25, 0.3) is 0 Å². The van der Waals surface area contributed by atoms with Crippen molar-refractivity contribution in [3.05, 3.63) is 47.7 Å². The van der Waals surface area contributed by atoms with Gasteiger partial charge in [-0.1, -0.05) is 24.3 Å². The summed E-state index contributed by atoms with van der Waals surface area (Å²) in [5, 5.41) is 22.0. The van der Waals surface area contributed by atoms with Crippen molar-refractivity contribution in [2.45, 2.75) is 31.8 Å². The minimum absolute atomic E-state index is 0.239. The lowest BCUT2D eigenvalue weighted by molar-refractivity contribution is 0.116. The van der Waals surface area contributed by atoms with Crippen molar-refractivity contribution in [3.8, 4) is 11.8 Å². The molecule has 0 spiro atoms. The van der Waals surface area contributed by atoms with Crippen LogP contribution in [-0.2, 0) is 17.7 Å². The fourth-order valence-electron chi connectivity index (χ4n) is 6.32. The van der Waals surface area contributed by atoms with Gasteiger partial charge in [0.15, 0.2) is 0 Å². The van der Waals surface area contributed by atoms with Gasteiger partial charge in [-0.15, -0.1) is 0 Å². The largest absolute Gasteiger partial charge is 0.508 e. The highest BCUT2D eigenvalue weighted by atomic mass is 16.5. The van der Waals surface area contributed by atoms with E-state index in [9.17, 15) is 15.0 Å². The molecule has 0 bridgehead atoms. The number of methoxy groups -OCH3 is 1. The number of piperazine rings is 1. The number of benzene rings is 2. The molecule has 0 aliphatic carbocycles. The van der Waals surface area contributed by atoms with Crippen LogP contribution >= 0.6 is 0 Å². The molecular weight excluding hydrogens is 524 g/mol. The van der Waals surface area contributed by atoms with Crippen LogP contribution in [0.15, 0.2) is 36.4 Å². The number of hydrogen-bond acceptors (Lipinski definition) is 9. The third kappa shape index (κ3) is 5.82. The Balaban J connectivity index is 1.29. The molecule has 2 aromatic carbocycles. The van der Waals surface area contributed by atoms with Gasteiger partial charge in [-0.05, 0) is 37.3 Å². The number of hydrogen-bond donors (Lipinski definition) is 2. The van der Waals surface area contributed by atoms with Crippen molar-refractivity contribution in [1.82, 2.24) is 19.8 Å². The van der Waals surface area contributed by atoms with Gasteiger partial charge in [-0.25, -0.2) is 4.79 Å². The van der Waals surface area contributed by atoms with Crippen LogP contribution in [0.4, 0.5) is 16.3 Å². The van der Waals surface area contributed by atoms with Gasteiger partial charge in [0.1, 0.15) is 18.2 Å². The number of fused-ring (bicyclic) bond motifs is 2. The summed E-state index contributed by atoms with van der Waals surface area (Å²) < 4.78 is 11.6. The van der Waals surface area contributed by atoms with Crippen LogP contribution in [0, 0.1) is 0 Å². The lowest BCUT2D eigenvalue weighted by atomic mass is 10.0. The lowest BCUT2D eigenvalue weighted by Gasteiger charge is -2.37. The number of ether oxygens (including phenoxy) is 2. The molecule has 218 valence electrons. The number of aromatic nitrogens is 2. The summed E-state index contributed by atoms with van der Waals surface area (Å²) in [6.45, 7) is 6.44. The molecule has 6 rings (SSSR count). The fourth-order valence-corrected chi connectivity index (χ4v) is 6.32. The molecule has 3 aliphatic heterocycles. The second-order valence-electron chi connectivity index (χ2n) is 11.0.